The fourth-order valence-corrected chi connectivity index (χ4v) is 4.23. The fraction of sp³-hybridized carbons (Fsp3) is 0.667. The summed E-state index contributed by atoms with van der Waals surface area (Å²) in [6.07, 6.45) is 4.55. The summed E-state index contributed by atoms with van der Waals surface area (Å²) < 4.78 is 11.6. The maximum absolute atomic E-state index is 12.7. The van der Waals surface area contributed by atoms with Crippen LogP contribution >= 0.6 is 0 Å². The molecule has 0 saturated carbocycles. The maximum atomic E-state index is 12.7. The van der Waals surface area contributed by atoms with Gasteiger partial charge in [-0.2, -0.15) is 0 Å². The molecule has 0 bridgehead atoms. The molecule has 1 aromatic rings. The maximum Gasteiger partial charge on any atom is 0.251 e. The van der Waals surface area contributed by atoms with Crippen LogP contribution in [0.3, 0.4) is 0 Å². The van der Waals surface area contributed by atoms with Gasteiger partial charge < -0.3 is 14.4 Å². The molecule has 0 radical (unpaired) electrons. The molecule has 24 heavy (non-hydrogen) atoms. The van der Waals surface area contributed by atoms with Crippen LogP contribution in [-0.2, 0) is 20.8 Å². The number of likely N-dealkylation sites (N-methyl/N-ethyl adjacent to an activating group) is 1. The number of carbonyl (C=O) groups excluding carboxylic acids is 1. The summed E-state index contributed by atoms with van der Waals surface area (Å²) in [4.78, 5) is 21.3. The van der Waals surface area contributed by atoms with E-state index >= 15 is 0 Å². The van der Waals surface area contributed by atoms with E-state index in [1.54, 1.807) is 11.1 Å². The molecular weight excluding hydrogens is 306 g/mol. The summed E-state index contributed by atoms with van der Waals surface area (Å²) in [7, 11) is 1.83. The molecule has 0 aromatic carbocycles. The molecule has 4 rings (SSSR count). The second-order valence-corrected chi connectivity index (χ2v) is 7.03. The summed E-state index contributed by atoms with van der Waals surface area (Å²) in [5.41, 5.74) is 0.899. The van der Waals surface area contributed by atoms with Crippen molar-refractivity contribution in [2.24, 2.45) is 0 Å². The predicted octanol–water partition coefficient (Wildman–Crippen LogP) is 1.06. The molecule has 1 amide bonds. The predicted molar refractivity (Wildman–Crippen MR) is 88.3 cm³/mol. The number of nitrogens with zero attached hydrogens (tertiary/aromatic N) is 3. The van der Waals surface area contributed by atoms with Crippen LogP contribution in [-0.4, -0.2) is 71.8 Å². The molecular formula is C18H25N3O3. The number of carbonyl (C=O) groups is 1. The van der Waals surface area contributed by atoms with Gasteiger partial charge in [0.2, 0.25) is 0 Å². The van der Waals surface area contributed by atoms with Crippen molar-refractivity contribution in [1.82, 2.24) is 14.8 Å². The number of hydrogen-bond acceptors (Lipinski definition) is 5. The van der Waals surface area contributed by atoms with Crippen LogP contribution in [0.4, 0.5) is 0 Å². The van der Waals surface area contributed by atoms with Crippen LogP contribution in [0.1, 0.15) is 25.0 Å². The normalized spacial score (nSPS) is 32.9. The van der Waals surface area contributed by atoms with Crippen LogP contribution in [0.25, 0.3) is 0 Å². The van der Waals surface area contributed by atoms with E-state index < -0.39 is 0 Å². The molecule has 1 aromatic heterocycles. The van der Waals surface area contributed by atoms with Crippen molar-refractivity contribution in [2.75, 3.05) is 26.8 Å². The Balaban J connectivity index is 1.36. The Morgan fingerprint density at radius 3 is 3.08 bits per heavy atom. The van der Waals surface area contributed by atoms with Crippen molar-refractivity contribution in [3.05, 3.63) is 30.1 Å². The zero-order valence-corrected chi connectivity index (χ0v) is 14.1. The molecule has 4 atom stereocenters. The van der Waals surface area contributed by atoms with Gasteiger partial charge in [-0.1, -0.05) is 6.07 Å². The van der Waals surface area contributed by atoms with Gasteiger partial charge in [0.25, 0.3) is 5.91 Å². The average Bonchev–Trinajstić information content (AvgIpc) is 3.31. The van der Waals surface area contributed by atoms with E-state index in [1.807, 2.05) is 25.2 Å². The zero-order valence-electron chi connectivity index (χ0n) is 14.1. The standard InChI is InChI=1S/C18H25N3O3/c1-20(11-13-4-2-3-7-19-13)18(22)17-10-15-16(24-17)5-8-21(15)14-6-9-23-12-14/h2-4,7,14-17H,5-6,8-12H2,1H3/t14?,15-,16-,17-/m0/s1. The lowest BCUT2D eigenvalue weighted by atomic mass is 10.1. The van der Waals surface area contributed by atoms with E-state index in [2.05, 4.69) is 9.88 Å². The molecule has 130 valence electrons. The molecule has 6 heteroatoms. The number of fused-ring (bicyclic) bond motifs is 1. The molecule has 3 aliphatic heterocycles. The molecule has 3 aliphatic rings. The van der Waals surface area contributed by atoms with Crippen molar-refractivity contribution in [1.29, 1.82) is 0 Å². The van der Waals surface area contributed by atoms with Gasteiger partial charge in [-0.05, 0) is 25.0 Å². The van der Waals surface area contributed by atoms with Crippen LogP contribution < -0.4 is 0 Å². The lowest BCUT2D eigenvalue weighted by Gasteiger charge is -2.28. The largest absolute Gasteiger partial charge is 0.380 e. The molecule has 0 N–H and O–H groups in total. The Hall–Kier alpha value is -1.50. The van der Waals surface area contributed by atoms with E-state index in [1.165, 1.54) is 0 Å². The third-order valence-electron chi connectivity index (χ3n) is 5.47. The number of rotatable bonds is 4. The van der Waals surface area contributed by atoms with Crippen LogP contribution in [0.15, 0.2) is 24.4 Å². The number of pyridine rings is 1. The number of hydrogen-bond donors (Lipinski definition) is 0. The lowest BCUT2D eigenvalue weighted by Crippen LogP contribution is -2.42. The first kappa shape index (κ1) is 16.0. The van der Waals surface area contributed by atoms with Gasteiger partial charge in [-0.3, -0.25) is 14.7 Å². The zero-order chi connectivity index (χ0) is 16.5. The Bertz CT molecular complexity index is 576. The first-order chi connectivity index (χ1) is 11.7. The minimum absolute atomic E-state index is 0.0673. The van der Waals surface area contributed by atoms with Gasteiger partial charge in [0.05, 0.1) is 24.9 Å². The van der Waals surface area contributed by atoms with Gasteiger partial charge in [-0.25, -0.2) is 0 Å². The topological polar surface area (TPSA) is 54.9 Å². The van der Waals surface area contributed by atoms with Gasteiger partial charge in [0.1, 0.15) is 6.10 Å². The highest BCUT2D eigenvalue weighted by atomic mass is 16.5. The van der Waals surface area contributed by atoms with E-state index in [-0.39, 0.29) is 18.1 Å². The summed E-state index contributed by atoms with van der Waals surface area (Å²) in [6.45, 7) is 3.26. The fourth-order valence-electron chi connectivity index (χ4n) is 4.23. The molecule has 1 unspecified atom stereocenters. The van der Waals surface area contributed by atoms with E-state index in [4.69, 9.17) is 9.47 Å². The average molecular weight is 331 g/mol. The second-order valence-electron chi connectivity index (χ2n) is 7.03. The van der Waals surface area contributed by atoms with Gasteiger partial charge in [0, 0.05) is 44.9 Å². The smallest absolute Gasteiger partial charge is 0.251 e. The van der Waals surface area contributed by atoms with E-state index in [9.17, 15) is 4.79 Å². The van der Waals surface area contributed by atoms with Gasteiger partial charge in [0.15, 0.2) is 0 Å². The highest BCUT2D eigenvalue weighted by Gasteiger charge is 2.48. The van der Waals surface area contributed by atoms with E-state index in [0.717, 1.165) is 44.7 Å². The Morgan fingerprint density at radius 1 is 1.42 bits per heavy atom. The quantitative estimate of drug-likeness (QED) is 0.826. The minimum Gasteiger partial charge on any atom is -0.380 e. The van der Waals surface area contributed by atoms with Gasteiger partial charge >= 0.3 is 0 Å². The molecule has 0 aliphatic carbocycles. The summed E-state index contributed by atoms with van der Waals surface area (Å²) in [6, 6.07) is 6.64. The first-order valence-corrected chi connectivity index (χ1v) is 8.86. The van der Waals surface area contributed by atoms with Crippen LogP contribution in [0, 0.1) is 0 Å². The van der Waals surface area contributed by atoms with Crippen molar-refractivity contribution in [3.63, 3.8) is 0 Å². The van der Waals surface area contributed by atoms with Crippen molar-refractivity contribution >= 4 is 5.91 Å². The number of aromatic nitrogens is 1. The second kappa shape index (κ2) is 6.78. The Morgan fingerprint density at radius 2 is 2.33 bits per heavy atom. The third kappa shape index (κ3) is 3.06. The molecule has 0 spiro atoms. The molecule has 4 heterocycles. The first-order valence-electron chi connectivity index (χ1n) is 8.86. The molecule has 6 nitrogen and oxygen atoms in total. The summed E-state index contributed by atoms with van der Waals surface area (Å²) in [5, 5.41) is 0. The monoisotopic (exact) mass is 331 g/mol. The van der Waals surface area contributed by atoms with Crippen LogP contribution in [0.2, 0.25) is 0 Å². The number of amides is 1. The minimum atomic E-state index is -0.321. The number of likely N-dealkylation sites (tertiary alicyclic amines) is 1. The van der Waals surface area contributed by atoms with Crippen LogP contribution in [0.5, 0.6) is 0 Å². The number of ether oxygens (including phenoxy) is 2. The Kier molecular flexibility index (Phi) is 4.52. The SMILES string of the molecule is CN(Cc1ccccn1)C(=O)[C@@H]1C[C@H]2[C@H](CCN2C2CCOC2)O1. The van der Waals surface area contributed by atoms with Crippen molar-refractivity contribution in [2.45, 2.75) is 50.1 Å². The highest BCUT2D eigenvalue weighted by molar-refractivity contribution is 5.81. The highest BCUT2D eigenvalue weighted by Crippen LogP contribution is 2.36. The van der Waals surface area contributed by atoms with Crippen molar-refractivity contribution < 1.29 is 14.3 Å². The molecule has 3 fully saturated rings. The Labute approximate surface area is 142 Å². The molecule has 3 saturated heterocycles. The van der Waals surface area contributed by atoms with Crippen molar-refractivity contribution in [3.8, 4) is 0 Å². The third-order valence-corrected chi connectivity index (χ3v) is 5.47. The summed E-state index contributed by atoms with van der Waals surface area (Å²) >= 11 is 0. The van der Waals surface area contributed by atoms with E-state index in [0.29, 0.717) is 18.6 Å². The summed E-state index contributed by atoms with van der Waals surface area (Å²) in [5.74, 6) is 0.0673. The lowest BCUT2D eigenvalue weighted by molar-refractivity contribution is -0.142. The van der Waals surface area contributed by atoms with Gasteiger partial charge in [-0.15, -0.1) is 0 Å².